The minimum atomic E-state index is -3.54. The standard InChI is InChI=1S/C22H29ClN4O4S/c1-4-5-13-27(3)32(30,31)18-11-9-17(10-12-18)24-14-21(28)25-15-22(29)26-20-8-6-7-19(23)16(20)2/h6-12,24H,4-5,13-15H2,1-3H3,(H,25,28)(H,26,29). The van der Waals surface area contributed by atoms with Crippen LogP contribution in [0.1, 0.15) is 25.3 Å². The predicted octanol–water partition coefficient (Wildman–Crippen LogP) is 3.24. The van der Waals surface area contributed by atoms with E-state index < -0.39 is 10.0 Å². The molecule has 0 aliphatic rings. The van der Waals surface area contributed by atoms with Crippen molar-refractivity contribution >= 4 is 44.8 Å². The first-order valence-corrected chi connectivity index (χ1v) is 12.1. The molecule has 0 fully saturated rings. The molecule has 174 valence electrons. The van der Waals surface area contributed by atoms with Crippen LogP contribution in [0.15, 0.2) is 47.4 Å². The zero-order valence-corrected chi connectivity index (χ0v) is 20.0. The molecule has 2 rings (SSSR count). The van der Waals surface area contributed by atoms with E-state index in [1.807, 2.05) is 6.92 Å². The number of hydrogen-bond donors (Lipinski definition) is 3. The van der Waals surface area contributed by atoms with Crippen LogP contribution in [-0.4, -0.2) is 51.2 Å². The zero-order valence-electron chi connectivity index (χ0n) is 18.4. The Labute approximate surface area is 194 Å². The Morgan fingerprint density at radius 1 is 1.03 bits per heavy atom. The molecule has 0 saturated carbocycles. The van der Waals surface area contributed by atoms with Crippen LogP contribution in [0, 0.1) is 6.92 Å². The maximum atomic E-state index is 12.5. The van der Waals surface area contributed by atoms with Gasteiger partial charge in [-0.05, 0) is 55.3 Å². The lowest BCUT2D eigenvalue weighted by Gasteiger charge is -2.17. The first kappa shape index (κ1) is 25.6. The summed E-state index contributed by atoms with van der Waals surface area (Å²) in [5, 5.41) is 8.68. The molecule has 0 spiro atoms. The van der Waals surface area contributed by atoms with E-state index >= 15 is 0 Å². The van der Waals surface area contributed by atoms with Crippen LogP contribution in [0.2, 0.25) is 5.02 Å². The quantitative estimate of drug-likeness (QED) is 0.457. The van der Waals surface area contributed by atoms with Crippen LogP contribution < -0.4 is 16.0 Å². The van der Waals surface area contributed by atoms with Crippen molar-refractivity contribution in [2.75, 3.05) is 37.3 Å². The third kappa shape index (κ3) is 7.22. The van der Waals surface area contributed by atoms with Crippen LogP contribution in [0.4, 0.5) is 11.4 Å². The highest BCUT2D eigenvalue weighted by Gasteiger charge is 2.20. The summed E-state index contributed by atoms with van der Waals surface area (Å²) < 4.78 is 26.4. The fourth-order valence-electron chi connectivity index (χ4n) is 2.79. The van der Waals surface area contributed by atoms with E-state index in [0.717, 1.165) is 18.4 Å². The zero-order chi connectivity index (χ0) is 23.7. The Bertz CT molecular complexity index is 1040. The summed E-state index contributed by atoms with van der Waals surface area (Å²) in [6.07, 6.45) is 1.70. The molecule has 0 saturated heterocycles. The van der Waals surface area contributed by atoms with E-state index in [4.69, 9.17) is 11.6 Å². The van der Waals surface area contributed by atoms with E-state index in [-0.39, 0.29) is 29.8 Å². The van der Waals surface area contributed by atoms with Crippen molar-refractivity contribution in [3.8, 4) is 0 Å². The second kappa shape index (κ2) is 11.8. The topological polar surface area (TPSA) is 108 Å². The molecule has 0 heterocycles. The smallest absolute Gasteiger partial charge is 0.243 e. The second-order valence-corrected chi connectivity index (χ2v) is 9.75. The van der Waals surface area contributed by atoms with Gasteiger partial charge in [0.15, 0.2) is 0 Å². The van der Waals surface area contributed by atoms with Gasteiger partial charge in [0.25, 0.3) is 0 Å². The van der Waals surface area contributed by atoms with Crippen LogP contribution in [-0.2, 0) is 19.6 Å². The molecule has 10 heteroatoms. The Balaban J connectivity index is 1.81. The molecule has 0 unspecified atom stereocenters. The van der Waals surface area contributed by atoms with Crippen molar-refractivity contribution in [2.45, 2.75) is 31.6 Å². The summed E-state index contributed by atoms with van der Waals surface area (Å²) in [4.78, 5) is 24.3. The third-order valence-corrected chi connectivity index (χ3v) is 7.11. The molecule has 0 aliphatic carbocycles. The number of unbranched alkanes of at least 4 members (excludes halogenated alkanes) is 1. The summed E-state index contributed by atoms with van der Waals surface area (Å²) in [6.45, 7) is 4.01. The Morgan fingerprint density at radius 2 is 1.72 bits per heavy atom. The molecule has 0 bridgehead atoms. The van der Waals surface area contributed by atoms with Crippen molar-refractivity contribution in [1.29, 1.82) is 0 Å². The molecule has 2 amide bonds. The number of sulfonamides is 1. The third-order valence-electron chi connectivity index (χ3n) is 4.83. The molecule has 0 radical (unpaired) electrons. The van der Waals surface area contributed by atoms with Gasteiger partial charge >= 0.3 is 0 Å². The maximum Gasteiger partial charge on any atom is 0.243 e. The fraction of sp³-hybridized carbons (Fsp3) is 0.364. The number of rotatable bonds is 11. The number of benzene rings is 2. The highest BCUT2D eigenvalue weighted by Crippen LogP contribution is 2.22. The average molecular weight is 481 g/mol. The van der Waals surface area contributed by atoms with Gasteiger partial charge in [0.1, 0.15) is 0 Å². The summed E-state index contributed by atoms with van der Waals surface area (Å²) >= 11 is 6.03. The maximum absolute atomic E-state index is 12.5. The fourth-order valence-corrected chi connectivity index (χ4v) is 4.17. The molecular weight excluding hydrogens is 452 g/mol. The minimum absolute atomic E-state index is 0.0635. The molecule has 3 N–H and O–H groups in total. The summed E-state index contributed by atoms with van der Waals surface area (Å²) in [7, 11) is -1.97. The highest BCUT2D eigenvalue weighted by molar-refractivity contribution is 7.89. The number of nitrogens with one attached hydrogen (secondary N) is 3. The molecule has 2 aromatic carbocycles. The number of nitrogens with zero attached hydrogens (tertiary/aromatic N) is 1. The first-order chi connectivity index (χ1) is 15.1. The van der Waals surface area contributed by atoms with Crippen molar-refractivity contribution in [2.24, 2.45) is 0 Å². The number of halogens is 1. The highest BCUT2D eigenvalue weighted by atomic mass is 35.5. The van der Waals surface area contributed by atoms with Crippen LogP contribution in [0.25, 0.3) is 0 Å². The van der Waals surface area contributed by atoms with E-state index in [0.29, 0.717) is 22.9 Å². The number of amides is 2. The second-order valence-electron chi connectivity index (χ2n) is 7.30. The normalized spacial score (nSPS) is 11.3. The largest absolute Gasteiger partial charge is 0.376 e. The first-order valence-electron chi connectivity index (χ1n) is 10.3. The Hall–Kier alpha value is -2.62. The molecule has 8 nitrogen and oxygen atoms in total. The molecule has 2 aromatic rings. The number of anilines is 2. The van der Waals surface area contributed by atoms with E-state index in [1.165, 1.54) is 16.4 Å². The van der Waals surface area contributed by atoms with Gasteiger partial charge in [0, 0.05) is 30.0 Å². The van der Waals surface area contributed by atoms with Gasteiger partial charge in [-0.3, -0.25) is 9.59 Å². The van der Waals surface area contributed by atoms with Crippen molar-refractivity contribution < 1.29 is 18.0 Å². The summed E-state index contributed by atoms with van der Waals surface area (Å²) in [6, 6.07) is 11.4. The summed E-state index contributed by atoms with van der Waals surface area (Å²) in [5.74, 6) is -0.746. The Kier molecular flexibility index (Phi) is 9.49. The molecular formula is C22H29ClN4O4S. The van der Waals surface area contributed by atoms with Gasteiger partial charge in [0.2, 0.25) is 21.8 Å². The van der Waals surface area contributed by atoms with Crippen LogP contribution in [0.5, 0.6) is 0 Å². The van der Waals surface area contributed by atoms with Gasteiger partial charge < -0.3 is 16.0 Å². The molecule has 0 aromatic heterocycles. The minimum Gasteiger partial charge on any atom is -0.376 e. The van der Waals surface area contributed by atoms with Gasteiger partial charge in [-0.25, -0.2) is 12.7 Å². The van der Waals surface area contributed by atoms with E-state index in [2.05, 4.69) is 16.0 Å². The van der Waals surface area contributed by atoms with Crippen LogP contribution >= 0.6 is 11.6 Å². The number of carbonyl (C=O) groups excluding carboxylic acids is 2. The van der Waals surface area contributed by atoms with Gasteiger partial charge in [-0.2, -0.15) is 0 Å². The number of carbonyl (C=O) groups is 2. The lowest BCUT2D eigenvalue weighted by Crippen LogP contribution is -2.36. The van der Waals surface area contributed by atoms with Gasteiger partial charge in [0.05, 0.1) is 18.0 Å². The van der Waals surface area contributed by atoms with E-state index in [1.54, 1.807) is 44.3 Å². The summed E-state index contributed by atoms with van der Waals surface area (Å²) in [5.41, 5.74) is 1.93. The van der Waals surface area contributed by atoms with Gasteiger partial charge in [-0.15, -0.1) is 0 Å². The molecule has 0 atom stereocenters. The van der Waals surface area contributed by atoms with Crippen LogP contribution in [0.3, 0.4) is 0 Å². The molecule has 32 heavy (non-hydrogen) atoms. The Morgan fingerprint density at radius 3 is 2.38 bits per heavy atom. The predicted molar refractivity (Wildman–Crippen MR) is 127 cm³/mol. The lowest BCUT2D eigenvalue weighted by atomic mass is 10.2. The number of hydrogen-bond acceptors (Lipinski definition) is 5. The average Bonchev–Trinajstić information content (AvgIpc) is 2.78. The SMILES string of the molecule is CCCCN(C)S(=O)(=O)c1ccc(NCC(=O)NCC(=O)Nc2cccc(Cl)c2C)cc1. The van der Waals surface area contributed by atoms with Gasteiger partial charge in [-0.1, -0.05) is 31.0 Å². The monoisotopic (exact) mass is 480 g/mol. The van der Waals surface area contributed by atoms with Crippen molar-refractivity contribution in [3.63, 3.8) is 0 Å². The van der Waals surface area contributed by atoms with E-state index in [9.17, 15) is 18.0 Å². The molecule has 0 aliphatic heterocycles. The lowest BCUT2D eigenvalue weighted by molar-refractivity contribution is -0.122. The van der Waals surface area contributed by atoms with Crippen molar-refractivity contribution in [3.05, 3.63) is 53.1 Å². The van der Waals surface area contributed by atoms with Crippen molar-refractivity contribution in [1.82, 2.24) is 9.62 Å².